The molecule has 2 amide bonds. The number of fused-ring (bicyclic) bond motifs is 2. The zero-order valence-electron chi connectivity index (χ0n) is 38.3. The van der Waals surface area contributed by atoms with Crippen LogP contribution in [0.5, 0.6) is 0 Å². The molecule has 2 fully saturated rings. The van der Waals surface area contributed by atoms with Gasteiger partial charge in [-0.2, -0.15) is 8.42 Å². The van der Waals surface area contributed by atoms with E-state index in [1.54, 1.807) is 56.9 Å². The summed E-state index contributed by atoms with van der Waals surface area (Å²) in [6.07, 6.45) is 6.37. The molecule has 348 valence electrons. The van der Waals surface area contributed by atoms with Gasteiger partial charge in [0.1, 0.15) is 0 Å². The second-order valence-electron chi connectivity index (χ2n) is 16.1. The van der Waals surface area contributed by atoms with E-state index in [-0.39, 0.29) is 40.7 Å². The van der Waals surface area contributed by atoms with Gasteiger partial charge in [0.05, 0.1) is 46.5 Å². The molecule has 20 heteroatoms. The summed E-state index contributed by atoms with van der Waals surface area (Å²) in [7, 11) is -3.55. The van der Waals surface area contributed by atoms with Gasteiger partial charge in [0.2, 0.25) is 10.0 Å². The molecule has 0 saturated carbocycles. The van der Waals surface area contributed by atoms with E-state index in [0.717, 1.165) is 67.4 Å². The predicted molar refractivity (Wildman–Crippen MR) is 251 cm³/mol. The van der Waals surface area contributed by atoms with Gasteiger partial charge in [-0.15, -0.1) is 0 Å². The minimum absolute atomic E-state index is 0.0633. The highest BCUT2D eigenvalue weighted by Gasteiger charge is 2.34. The first-order chi connectivity index (χ1) is 30.9. The molecular formula is C45H58N10O8S2. The maximum Gasteiger partial charge on any atom is 0.335 e. The molecule has 6 aromatic rings. The van der Waals surface area contributed by atoms with Crippen LogP contribution in [0.2, 0.25) is 0 Å². The molecule has 2 aliphatic heterocycles. The quantitative estimate of drug-likeness (QED) is 0.142. The van der Waals surface area contributed by atoms with Crippen molar-refractivity contribution in [3.8, 4) is 0 Å². The number of hydrogen-bond donors (Lipinski definition) is 4. The van der Waals surface area contributed by atoms with Crippen LogP contribution in [0.1, 0.15) is 130 Å². The summed E-state index contributed by atoms with van der Waals surface area (Å²) in [6.45, 7) is 16.0. The smallest absolute Gasteiger partial charge is 0.335 e. The van der Waals surface area contributed by atoms with Crippen molar-refractivity contribution in [2.45, 2.75) is 106 Å². The summed E-state index contributed by atoms with van der Waals surface area (Å²) in [6, 6.07) is 13.9. The number of rotatable bonds is 6. The number of carbonyl (C=O) groups is 2. The van der Waals surface area contributed by atoms with Crippen LogP contribution in [0.4, 0.5) is 11.4 Å². The lowest BCUT2D eigenvalue weighted by atomic mass is 9.96. The Labute approximate surface area is 381 Å². The maximum absolute atomic E-state index is 13.7. The lowest BCUT2D eigenvalue weighted by Crippen LogP contribution is -2.39. The highest BCUT2D eigenvalue weighted by Crippen LogP contribution is 2.35. The first kappa shape index (κ1) is 49.6. The number of nitrogens with one attached hydrogen (secondary N) is 3. The fourth-order valence-electron chi connectivity index (χ4n) is 8.32. The number of nitrogen functional groups attached to an aromatic ring is 1. The molecule has 0 bridgehead atoms. The summed E-state index contributed by atoms with van der Waals surface area (Å²) in [5.74, 6) is -0.308. The molecule has 0 spiro atoms. The van der Waals surface area contributed by atoms with Crippen LogP contribution in [0.3, 0.4) is 0 Å². The number of aromatic nitrogens is 6. The molecule has 4 aromatic heterocycles. The van der Waals surface area contributed by atoms with Crippen molar-refractivity contribution in [2.75, 3.05) is 29.8 Å². The molecular weight excluding hydrogens is 873 g/mol. The Balaban J connectivity index is 0.000000224. The summed E-state index contributed by atoms with van der Waals surface area (Å²) in [4.78, 5) is 64.9. The highest BCUT2D eigenvalue weighted by atomic mass is 32.2. The van der Waals surface area contributed by atoms with Crippen LogP contribution in [0, 0.1) is 41.5 Å². The Kier molecular flexibility index (Phi) is 16.1. The van der Waals surface area contributed by atoms with Crippen LogP contribution in [-0.2, 0) is 21.6 Å². The number of H-pyrrole nitrogens is 2. The third-order valence-electron chi connectivity index (χ3n) is 11.8. The van der Waals surface area contributed by atoms with Gasteiger partial charge in [0.15, 0.2) is 11.3 Å². The average molecular weight is 931 g/mol. The molecule has 5 N–H and O–H groups in total. The topological polar surface area (TPSA) is 247 Å². The fraction of sp³-hybridized carbons (Fsp3) is 0.422. The van der Waals surface area contributed by atoms with E-state index < -0.39 is 21.6 Å². The van der Waals surface area contributed by atoms with E-state index in [9.17, 15) is 27.6 Å². The van der Waals surface area contributed by atoms with Crippen LogP contribution in [-0.4, -0.2) is 87.0 Å². The molecule has 8 rings (SSSR count). The van der Waals surface area contributed by atoms with Crippen molar-refractivity contribution in [3.63, 3.8) is 0 Å². The van der Waals surface area contributed by atoms with Gasteiger partial charge in [0.25, 0.3) is 22.9 Å². The molecule has 2 aromatic carbocycles. The van der Waals surface area contributed by atoms with Gasteiger partial charge >= 0.3 is 11.6 Å². The van der Waals surface area contributed by atoms with Crippen molar-refractivity contribution in [2.24, 2.45) is 0 Å². The number of nitrogens with zero attached hydrogens (tertiary/aromatic N) is 6. The SMILES string of the molecule is CC.Cc1cccc(N)c1C(=O)N1CCCC[C@H]1c1cc2nc(C)c(C)c(=O)n2[nH]1.Cc1cccc(NS(C)(=O)=O)c1C(=O)N1CCCC[C@H]1c1cc2nc(C)c(C)c(=O)n2[nH]1.O=S=O. The van der Waals surface area contributed by atoms with Gasteiger partial charge in [-0.25, -0.2) is 27.4 Å². The summed E-state index contributed by atoms with van der Waals surface area (Å²) in [5, 5.41) is 6.33. The van der Waals surface area contributed by atoms with E-state index in [1.807, 2.05) is 56.9 Å². The Morgan fingerprint density at radius 3 is 1.55 bits per heavy atom. The largest absolute Gasteiger partial charge is 0.398 e. The van der Waals surface area contributed by atoms with Gasteiger partial charge in [0, 0.05) is 53.4 Å². The predicted octanol–water partition coefficient (Wildman–Crippen LogP) is 5.94. The molecule has 0 unspecified atom stereocenters. The van der Waals surface area contributed by atoms with Crippen LogP contribution < -0.4 is 21.6 Å². The van der Waals surface area contributed by atoms with Crippen molar-refractivity contribution < 1.29 is 26.4 Å². The number of likely N-dealkylation sites (tertiary alicyclic amines) is 2. The van der Waals surface area contributed by atoms with E-state index in [1.165, 1.54) is 9.03 Å². The lowest BCUT2D eigenvalue weighted by molar-refractivity contribution is 0.0599. The molecule has 18 nitrogen and oxygen atoms in total. The average Bonchev–Trinajstić information content (AvgIpc) is 3.90. The van der Waals surface area contributed by atoms with E-state index >= 15 is 0 Å². The number of aromatic amines is 2. The van der Waals surface area contributed by atoms with Crippen LogP contribution in [0.15, 0.2) is 58.1 Å². The van der Waals surface area contributed by atoms with Crippen LogP contribution >= 0.6 is 0 Å². The van der Waals surface area contributed by atoms with Gasteiger partial charge in [-0.3, -0.25) is 34.1 Å². The normalized spacial score (nSPS) is 16.1. The number of sulfonamides is 1. The molecule has 2 atom stereocenters. The number of hydrogen-bond acceptors (Lipinski definition) is 11. The number of carbonyl (C=O) groups excluding carboxylic acids is 2. The lowest BCUT2D eigenvalue weighted by Gasteiger charge is -2.36. The standard InChI is InChI=1S/C22H27N5O4S.C21H25N5O2.C2H6.O2S/c1-13-8-7-9-16(25-32(4,30)31)20(13)22(29)26-11-6-5-10-18(26)17-12-19-23-15(3)14(2)21(28)27(19)24-17;1-12-7-6-8-15(22)19(12)21(28)25-10-5-4-9-17(25)16-11-18-23-14(3)13(2)20(27)26(18)24-16;1-2;1-3-2/h7-9,12,18,24-25H,5-6,10-11H2,1-4H3;6-8,11,17,24H,4-5,9-10,22H2,1-3H3;1-2H3;/t18-;17-;;/m00../s1. The monoisotopic (exact) mass is 930 g/mol. The summed E-state index contributed by atoms with van der Waals surface area (Å²) in [5.41, 5.74) is 14.3. The number of piperidine rings is 2. The van der Waals surface area contributed by atoms with Crippen molar-refractivity contribution in [1.29, 1.82) is 0 Å². The Hall–Kier alpha value is -6.41. The van der Waals surface area contributed by atoms with Gasteiger partial charge in [-0.05, 0) is 103 Å². The van der Waals surface area contributed by atoms with Crippen molar-refractivity contribution in [3.05, 3.63) is 125 Å². The third-order valence-corrected chi connectivity index (χ3v) is 12.3. The molecule has 6 heterocycles. The Morgan fingerprint density at radius 2 is 1.12 bits per heavy atom. The molecule has 0 aliphatic carbocycles. The summed E-state index contributed by atoms with van der Waals surface area (Å²) >= 11 is -0.750. The minimum Gasteiger partial charge on any atom is -0.398 e. The van der Waals surface area contributed by atoms with Gasteiger partial charge in [-0.1, -0.05) is 38.1 Å². The summed E-state index contributed by atoms with van der Waals surface area (Å²) < 4.78 is 45.6. The number of nitrogens with two attached hydrogens (primary N) is 1. The second-order valence-corrected chi connectivity index (χ2v) is 17.9. The fourth-order valence-corrected chi connectivity index (χ4v) is 8.89. The van der Waals surface area contributed by atoms with Crippen molar-refractivity contribution in [1.82, 2.24) is 39.0 Å². The number of anilines is 2. The van der Waals surface area contributed by atoms with Crippen LogP contribution in [0.25, 0.3) is 11.3 Å². The molecule has 0 radical (unpaired) electrons. The maximum atomic E-state index is 13.7. The molecule has 65 heavy (non-hydrogen) atoms. The third kappa shape index (κ3) is 10.8. The minimum atomic E-state index is -3.55. The highest BCUT2D eigenvalue weighted by molar-refractivity contribution is 7.92. The number of benzene rings is 2. The number of amides is 2. The van der Waals surface area contributed by atoms with E-state index in [2.05, 4.69) is 24.9 Å². The van der Waals surface area contributed by atoms with E-state index in [4.69, 9.17) is 14.2 Å². The molecule has 2 saturated heterocycles. The molecule has 2 aliphatic rings. The van der Waals surface area contributed by atoms with Crippen molar-refractivity contribution >= 4 is 56.1 Å². The first-order valence-corrected chi connectivity index (χ1v) is 24.1. The zero-order valence-corrected chi connectivity index (χ0v) is 39.9. The zero-order chi connectivity index (χ0) is 47.9. The Morgan fingerprint density at radius 1 is 0.708 bits per heavy atom. The second kappa shape index (κ2) is 21.1. The number of aryl methyl sites for hydroxylation is 4. The Bertz CT molecular complexity index is 2980. The van der Waals surface area contributed by atoms with Gasteiger partial charge < -0.3 is 15.5 Å². The van der Waals surface area contributed by atoms with E-state index in [0.29, 0.717) is 63.6 Å². The first-order valence-electron chi connectivity index (χ1n) is 21.5.